The van der Waals surface area contributed by atoms with E-state index in [4.69, 9.17) is 0 Å². The second-order valence-corrected chi connectivity index (χ2v) is 5.51. The van der Waals surface area contributed by atoms with Gasteiger partial charge in [0.05, 0.1) is 11.1 Å². The van der Waals surface area contributed by atoms with E-state index in [1.165, 1.54) is 19.1 Å². The summed E-state index contributed by atoms with van der Waals surface area (Å²) < 4.78 is 27.6. The predicted molar refractivity (Wildman–Crippen MR) is 72.1 cm³/mol. The number of fused-ring (bicyclic) bond motifs is 1. The first-order chi connectivity index (χ1) is 10.1. The van der Waals surface area contributed by atoms with Crippen LogP contribution in [0.1, 0.15) is 47.9 Å². The highest BCUT2D eigenvalue weighted by atomic mass is 19.3. The van der Waals surface area contributed by atoms with E-state index in [1.54, 1.807) is 12.1 Å². The number of hydrogen-bond donors (Lipinski definition) is 0. The van der Waals surface area contributed by atoms with E-state index in [0.29, 0.717) is 0 Å². The molecule has 1 aromatic rings. The molecule has 0 fully saturated rings. The minimum Gasteiger partial charge on any atom is -0.329 e. The van der Waals surface area contributed by atoms with E-state index < -0.39 is 35.5 Å². The second kappa shape index (κ2) is 5.15. The zero-order chi connectivity index (χ0) is 16.7. The van der Waals surface area contributed by atoms with Crippen LogP contribution in [0.25, 0.3) is 0 Å². The molecular weight excluding hydrogens is 296 g/mol. The van der Waals surface area contributed by atoms with Crippen molar-refractivity contribution < 1.29 is 28.0 Å². The van der Waals surface area contributed by atoms with Gasteiger partial charge < -0.3 is 4.84 Å². The van der Waals surface area contributed by atoms with Gasteiger partial charge in [0.25, 0.3) is 17.7 Å². The maximum absolute atomic E-state index is 13.8. The molecule has 1 aliphatic rings. The van der Waals surface area contributed by atoms with E-state index in [0.717, 1.165) is 13.8 Å². The van der Waals surface area contributed by atoms with Crippen molar-refractivity contribution in [2.45, 2.75) is 33.1 Å². The van der Waals surface area contributed by atoms with Crippen molar-refractivity contribution in [3.8, 4) is 0 Å². The summed E-state index contributed by atoms with van der Waals surface area (Å²) in [6, 6.07) is 5.89. The SMILES string of the molecule is CCC(F)(F)C(C)(C)C(=O)ON1C(=O)c2ccccc2C1=O. The molecule has 0 saturated carbocycles. The zero-order valence-corrected chi connectivity index (χ0v) is 12.4. The van der Waals surface area contributed by atoms with Crippen molar-refractivity contribution in [3.05, 3.63) is 35.4 Å². The van der Waals surface area contributed by atoms with E-state index in [-0.39, 0.29) is 16.2 Å². The van der Waals surface area contributed by atoms with Gasteiger partial charge in [-0.15, -0.1) is 0 Å². The van der Waals surface area contributed by atoms with Gasteiger partial charge in [0.1, 0.15) is 5.41 Å². The van der Waals surface area contributed by atoms with Crippen LogP contribution in [0, 0.1) is 5.41 Å². The minimum atomic E-state index is -3.33. The Morgan fingerprint density at radius 1 is 1.14 bits per heavy atom. The van der Waals surface area contributed by atoms with Gasteiger partial charge in [-0.3, -0.25) is 9.59 Å². The molecule has 0 bridgehead atoms. The highest BCUT2D eigenvalue weighted by Crippen LogP contribution is 2.40. The lowest BCUT2D eigenvalue weighted by atomic mass is 9.84. The maximum atomic E-state index is 13.8. The topological polar surface area (TPSA) is 63.7 Å². The van der Waals surface area contributed by atoms with Crippen LogP contribution in [-0.4, -0.2) is 28.8 Å². The van der Waals surface area contributed by atoms with Crippen LogP contribution in [0.15, 0.2) is 24.3 Å². The Kier molecular flexibility index (Phi) is 3.76. The summed E-state index contributed by atoms with van der Waals surface area (Å²) >= 11 is 0. The Labute approximate surface area is 125 Å². The highest BCUT2D eigenvalue weighted by Gasteiger charge is 2.53. The molecule has 5 nitrogen and oxygen atoms in total. The lowest BCUT2D eigenvalue weighted by Gasteiger charge is -2.31. The molecule has 0 aromatic heterocycles. The van der Waals surface area contributed by atoms with Gasteiger partial charge in [-0.2, -0.15) is 0 Å². The molecule has 7 heteroatoms. The molecule has 0 aliphatic carbocycles. The first-order valence-corrected chi connectivity index (χ1v) is 6.71. The molecule has 2 rings (SSSR count). The average Bonchev–Trinajstić information content (AvgIpc) is 2.72. The van der Waals surface area contributed by atoms with E-state index in [9.17, 15) is 23.2 Å². The van der Waals surface area contributed by atoms with Crippen molar-refractivity contribution in [2.75, 3.05) is 0 Å². The third-order valence-electron chi connectivity index (χ3n) is 3.80. The molecule has 0 atom stereocenters. The monoisotopic (exact) mass is 311 g/mol. The number of carbonyl (C=O) groups excluding carboxylic acids is 3. The molecule has 0 radical (unpaired) electrons. The van der Waals surface area contributed by atoms with E-state index in [2.05, 4.69) is 4.84 Å². The summed E-state index contributed by atoms with van der Waals surface area (Å²) in [7, 11) is 0. The summed E-state index contributed by atoms with van der Waals surface area (Å²) in [6.45, 7) is 3.26. The third-order valence-corrected chi connectivity index (χ3v) is 3.80. The summed E-state index contributed by atoms with van der Waals surface area (Å²) in [6.07, 6.45) is -0.572. The van der Waals surface area contributed by atoms with Crippen LogP contribution in [0.3, 0.4) is 0 Å². The molecule has 118 valence electrons. The summed E-state index contributed by atoms with van der Waals surface area (Å²) in [5, 5.41) is 0.237. The molecule has 0 unspecified atom stereocenters. The minimum absolute atomic E-state index is 0.0698. The standard InChI is InChI=1S/C15H15F2NO4/c1-4-15(16,17)14(2,3)13(21)22-18-11(19)9-7-5-6-8-10(9)12(18)20/h5-8H,4H2,1-3H3. The smallest absolute Gasteiger partial charge is 0.329 e. The number of nitrogens with zero attached hydrogens (tertiary/aromatic N) is 1. The Balaban J connectivity index is 2.25. The summed E-state index contributed by atoms with van der Waals surface area (Å²) in [5.74, 6) is -6.36. The maximum Gasteiger partial charge on any atom is 0.344 e. The molecular formula is C15H15F2NO4. The fourth-order valence-corrected chi connectivity index (χ4v) is 2.04. The Bertz CT molecular complexity index is 620. The van der Waals surface area contributed by atoms with Crippen LogP contribution in [0.2, 0.25) is 0 Å². The quantitative estimate of drug-likeness (QED) is 0.802. The lowest BCUT2D eigenvalue weighted by molar-refractivity contribution is -0.201. The largest absolute Gasteiger partial charge is 0.344 e. The van der Waals surface area contributed by atoms with Crippen molar-refractivity contribution in [3.63, 3.8) is 0 Å². The number of benzene rings is 1. The summed E-state index contributed by atoms with van der Waals surface area (Å²) in [5.41, 5.74) is -2.03. The zero-order valence-electron chi connectivity index (χ0n) is 12.4. The Hall–Kier alpha value is -2.31. The van der Waals surface area contributed by atoms with Gasteiger partial charge >= 0.3 is 5.97 Å². The Morgan fingerprint density at radius 2 is 1.59 bits per heavy atom. The predicted octanol–water partition coefficient (Wildman–Crippen LogP) is 2.81. The number of imide groups is 1. The second-order valence-electron chi connectivity index (χ2n) is 5.51. The molecule has 22 heavy (non-hydrogen) atoms. The van der Waals surface area contributed by atoms with Crippen molar-refractivity contribution in [1.29, 1.82) is 0 Å². The fourth-order valence-electron chi connectivity index (χ4n) is 2.04. The lowest BCUT2D eigenvalue weighted by Crippen LogP contribution is -2.47. The van der Waals surface area contributed by atoms with Gasteiger partial charge in [0, 0.05) is 6.42 Å². The number of hydroxylamine groups is 2. The van der Waals surface area contributed by atoms with Crippen LogP contribution in [0.5, 0.6) is 0 Å². The molecule has 2 amide bonds. The number of carbonyl (C=O) groups is 3. The highest BCUT2D eigenvalue weighted by molar-refractivity contribution is 6.20. The molecule has 1 heterocycles. The fraction of sp³-hybridized carbons (Fsp3) is 0.400. The molecule has 0 N–H and O–H groups in total. The van der Waals surface area contributed by atoms with Gasteiger partial charge in [-0.05, 0) is 26.0 Å². The van der Waals surface area contributed by atoms with Crippen molar-refractivity contribution in [2.24, 2.45) is 5.41 Å². The first kappa shape index (κ1) is 16.1. The normalized spacial score (nSPS) is 15.0. The van der Waals surface area contributed by atoms with Crippen molar-refractivity contribution in [1.82, 2.24) is 5.06 Å². The van der Waals surface area contributed by atoms with Gasteiger partial charge in [-0.25, -0.2) is 13.6 Å². The number of rotatable bonds is 4. The van der Waals surface area contributed by atoms with Crippen LogP contribution >= 0.6 is 0 Å². The first-order valence-electron chi connectivity index (χ1n) is 6.71. The van der Waals surface area contributed by atoms with Gasteiger partial charge in [0.15, 0.2) is 0 Å². The molecule has 0 spiro atoms. The van der Waals surface area contributed by atoms with Crippen LogP contribution < -0.4 is 0 Å². The molecule has 1 aliphatic heterocycles. The number of amides is 2. The van der Waals surface area contributed by atoms with Crippen LogP contribution in [-0.2, 0) is 9.63 Å². The van der Waals surface area contributed by atoms with Crippen molar-refractivity contribution >= 4 is 17.8 Å². The average molecular weight is 311 g/mol. The van der Waals surface area contributed by atoms with Crippen LogP contribution in [0.4, 0.5) is 8.78 Å². The summed E-state index contributed by atoms with van der Waals surface area (Å²) in [4.78, 5) is 40.8. The molecule has 0 saturated heterocycles. The number of hydrogen-bond acceptors (Lipinski definition) is 4. The molecule has 1 aromatic carbocycles. The van der Waals surface area contributed by atoms with Gasteiger partial charge in [-0.1, -0.05) is 24.1 Å². The number of halogens is 2. The third kappa shape index (κ3) is 2.26. The van der Waals surface area contributed by atoms with Gasteiger partial charge in [0.2, 0.25) is 0 Å². The van der Waals surface area contributed by atoms with E-state index >= 15 is 0 Å². The number of alkyl halides is 2. The van der Waals surface area contributed by atoms with E-state index in [1.807, 2.05) is 0 Å². The Morgan fingerprint density at radius 3 is 2.00 bits per heavy atom.